The van der Waals surface area contributed by atoms with E-state index >= 15 is 0 Å². The molecule has 1 atom stereocenters. The lowest BCUT2D eigenvalue weighted by Gasteiger charge is -2.16. The molecular formula is C16H19ClN2O3. The van der Waals surface area contributed by atoms with E-state index in [0.29, 0.717) is 17.3 Å². The number of aliphatic hydroxyl groups excluding tert-OH is 1. The van der Waals surface area contributed by atoms with Crippen LogP contribution in [0.15, 0.2) is 28.7 Å². The van der Waals surface area contributed by atoms with Gasteiger partial charge in [-0.2, -0.15) is 0 Å². The smallest absolute Gasteiger partial charge is 0.315 e. The summed E-state index contributed by atoms with van der Waals surface area (Å²) in [6.45, 7) is 2.47. The molecule has 2 aromatic rings. The number of halogens is 1. The highest BCUT2D eigenvalue weighted by atomic mass is 35.5. The van der Waals surface area contributed by atoms with E-state index in [1.54, 1.807) is 6.07 Å². The molecule has 3 N–H and O–H groups in total. The van der Waals surface area contributed by atoms with Gasteiger partial charge in [0.25, 0.3) is 0 Å². The number of furan rings is 1. The summed E-state index contributed by atoms with van der Waals surface area (Å²) in [5, 5.41) is 16.4. The first-order valence-electron chi connectivity index (χ1n) is 7.36. The zero-order valence-corrected chi connectivity index (χ0v) is 13.1. The third-order valence-corrected chi connectivity index (χ3v) is 4.42. The van der Waals surface area contributed by atoms with Gasteiger partial charge in [0, 0.05) is 22.4 Å². The van der Waals surface area contributed by atoms with Gasteiger partial charge in [-0.3, -0.25) is 0 Å². The van der Waals surface area contributed by atoms with E-state index in [9.17, 15) is 9.90 Å². The number of amides is 2. The van der Waals surface area contributed by atoms with E-state index in [4.69, 9.17) is 16.0 Å². The Morgan fingerprint density at radius 2 is 2.23 bits per heavy atom. The molecule has 2 amide bonds. The molecule has 118 valence electrons. The van der Waals surface area contributed by atoms with Gasteiger partial charge in [-0.25, -0.2) is 4.79 Å². The second-order valence-corrected chi connectivity index (χ2v) is 6.47. The molecule has 0 saturated heterocycles. The van der Waals surface area contributed by atoms with Crippen molar-refractivity contribution in [1.82, 2.24) is 10.6 Å². The van der Waals surface area contributed by atoms with Crippen molar-refractivity contribution in [2.75, 3.05) is 13.2 Å². The number of benzene rings is 1. The van der Waals surface area contributed by atoms with Gasteiger partial charge in [-0.05, 0) is 44.0 Å². The fourth-order valence-electron chi connectivity index (χ4n) is 2.40. The largest absolute Gasteiger partial charge is 0.459 e. The summed E-state index contributed by atoms with van der Waals surface area (Å²) in [6, 6.07) is 6.77. The van der Waals surface area contributed by atoms with Crippen LogP contribution in [0, 0.1) is 5.41 Å². The van der Waals surface area contributed by atoms with Crippen LogP contribution in [0.4, 0.5) is 4.79 Å². The molecular weight excluding hydrogens is 304 g/mol. The molecule has 1 aromatic carbocycles. The number of nitrogens with one attached hydrogen (secondary N) is 2. The average molecular weight is 323 g/mol. The second kappa shape index (κ2) is 5.82. The Labute approximate surface area is 133 Å². The van der Waals surface area contributed by atoms with Crippen molar-refractivity contribution in [3.63, 3.8) is 0 Å². The number of rotatable bonds is 5. The molecule has 3 rings (SSSR count). The Balaban J connectivity index is 1.60. The van der Waals surface area contributed by atoms with Crippen molar-refractivity contribution in [3.05, 3.63) is 35.0 Å². The summed E-state index contributed by atoms with van der Waals surface area (Å²) in [4.78, 5) is 11.9. The molecule has 5 nitrogen and oxygen atoms in total. The van der Waals surface area contributed by atoms with Gasteiger partial charge in [0.1, 0.15) is 11.3 Å². The molecule has 1 aliphatic carbocycles. The van der Waals surface area contributed by atoms with Crippen LogP contribution in [-0.2, 0) is 0 Å². The van der Waals surface area contributed by atoms with Crippen molar-refractivity contribution in [2.45, 2.75) is 25.8 Å². The van der Waals surface area contributed by atoms with E-state index in [2.05, 4.69) is 10.6 Å². The SMILES string of the molecule is CC(NC(=O)NCC1(CO)CC1)c1cc2cc(Cl)ccc2o1. The van der Waals surface area contributed by atoms with Crippen LogP contribution in [0.5, 0.6) is 0 Å². The first kappa shape index (κ1) is 15.2. The van der Waals surface area contributed by atoms with Gasteiger partial charge in [-0.1, -0.05) is 11.6 Å². The summed E-state index contributed by atoms with van der Waals surface area (Å²) in [6.07, 6.45) is 1.92. The molecule has 1 heterocycles. The fraction of sp³-hybridized carbons (Fsp3) is 0.438. The predicted octanol–water partition coefficient (Wildman–Crippen LogP) is 3.22. The zero-order valence-electron chi connectivity index (χ0n) is 12.4. The maximum absolute atomic E-state index is 11.9. The van der Waals surface area contributed by atoms with E-state index < -0.39 is 0 Å². The van der Waals surface area contributed by atoms with Crippen molar-refractivity contribution in [2.24, 2.45) is 5.41 Å². The molecule has 1 saturated carbocycles. The summed E-state index contributed by atoms with van der Waals surface area (Å²) in [5.74, 6) is 0.677. The third kappa shape index (κ3) is 3.20. The standard InChI is InChI=1S/C16H19ClN2O3/c1-10(19-15(21)18-8-16(9-20)4-5-16)14-7-11-6-12(17)2-3-13(11)22-14/h2-3,6-7,10,20H,4-5,8-9H2,1H3,(H2,18,19,21). The average Bonchev–Trinajstić information content (AvgIpc) is 3.16. The molecule has 0 radical (unpaired) electrons. The number of urea groups is 1. The van der Waals surface area contributed by atoms with Crippen molar-refractivity contribution >= 4 is 28.6 Å². The van der Waals surface area contributed by atoms with Crippen molar-refractivity contribution in [1.29, 1.82) is 0 Å². The molecule has 1 aromatic heterocycles. The molecule has 0 spiro atoms. The van der Waals surface area contributed by atoms with Crippen LogP contribution in [0.2, 0.25) is 5.02 Å². The Morgan fingerprint density at radius 3 is 2.91 bits per heavy atom. The summed E-state index contributed by atoms with van der Waals surface area (Å²) < 4.78 is 5.72. The van der Waals surface area contributed by atoms with Crippen LogP contribution in [0.1, 0.15) is 31.6 Å². The molecule has 22 heavy (non-hydrogen) atoms. The first-order chi connectivity index (χ1) is 10.5. The molecule has 6 heteroatoms. The van der Waals surface area contributed by atoms with Crippen molar-refractivity contribution < 1.29 is 14.3 Å². The lowest BCUT2D eigenvalue weighted by molar-refractivity contribution is 0.202. The van der Waals surface area contributed by atoms with Crippen LogP contribution in [0.25, 0.3) is 11.0 Å². The molecule has 1 fully saturated rings. The maximum Gasteiger partial charge on any atom is 0.315 e. The van der Waals surface area contributed by atoms with E-state index in [0.717, 1.165) is 23.8 Å². The monoisotopic (exact) mass is 322 g/mol. The molecule has 0 aliphatic heterocycles. The summed E-state index contributed by atoms with van der Waals surface area (Å²) in [7, 11) is 0. The van der Waals surface area contributed by atoms with Crippen LogP contribution in [0.3, 0.4) is 0 Å². The number of hydrogen-bond donors (Lipinski definition) is 3. The quantitative estimate of drug-likeness (QED) is 0.791. The molecule has 0 bridgehead atoms. The highest BCUT2D eigenvalue weighted by molar-refractivity contribution is 6.31. The number of carbonyl (C=O) groups excluding carboxylic acids is 1. The highest BCUT2D eigenvalue weighted by Crippen LogP contribution is 2.44. The second-order valence-electron chi connectivity index (χ2n) is 6.04. The number of aliphatic hydroxyl groups is 1. The Bertz CT molecular complexity index is 694. The van der Waals surface area contributed by atoms with Gasteiger partial charge in [0.2, 0.25) is 0 Å². The number of fused-ring (bicyclic) bond motifs is 1. The third-order valence-electron chi connectivity index (χ3n) is 4.19. The van der Waals surface area contributed by atoms with Gasteiger partial charge >= 0.3 is 6.03 Å². The minimum absolute atomic E-state index is 0.101. The van der Waals surface area contributed by atoms with Gasteiger partial charge < -0.3 is 20.2 Å². The topological polar surface area (TPSA) is 74.5 Å². The van der Waals surface area contributed by atoms with Gasteiger partial charge in [0.15, 0.2) is 0 Å². The van der Waals surface area contributed by atoms with E-state index in [1.165, 1.54) is 0 Å². The summed E-state index contributed by atoms with van der Waals surface area (Å²) in [5.41, 5.74) is 0.641. The van der Waals surface area contributed by atoms with Crippen LogP contribution < -0.4 is 10.6 Å². The van der Waals surface area contributed by atoms with E-state index in [-0.39, 0.29) is 24.1 Å². The number of carbonyl (C=O) groups is 1. The van der Waals surface area contributed by atoms with Gasteiger partial charge in [-0.15, -0.1) is 0 Å². The minimum Gasteiger partial charge on any atom is -0.459 e. The van der Waals surface area contributed by atoms with Crippen LogP contribution >= 0.6 is 11.6 Å². The minimum atomic E-state index is -0.259. The summed E-state index contributed by atoms with van der Waals surface area (Å²) >= 11 is 5.95. The van der Waals surface area contributed by atoms with Gasteiger partial charge in [0.05, 0.1) is 12.6 Å². The molecule has 1 unspecified atom stereocenters. The Morgan fingerprint density at radius 1 is 1.45 bits per heavy atom. The maximum atomic E-state index is 11.9. The lowest BCUT2D eigenvalue weighted by Crippen LogP contribution is -2.40. The van der Waals surface area contributed by atoms with Crippen molar-refractivity contribution in [3.8, 4) is 0 Å². The predicted molar refractivity (Wildman–Crippen MR) is 84.9 cm³/mol. The zero-order chi connectivity index (χ0) is 15.7. The fourth-order valence-corrected chi connectivity index (χ4v) is 2.58. The molecule has 1 aliphatic rings. The number of hydrogen-bond acceptors (Lipinski definition) is 3. The lowest BCUT2D eigenvalue weighted by atomic mass is 10.1. The van der Waals surface area contributed by atoms with E-state index in [1.807, 2.05) is 25.1 Å². The highest BCUT2D eigenvalue weighted by Gasteiger charge is 2.42. The Kier molecular flexibility index (Phi) is 4.02. The normalized spacial score (nSPS) is 17.2. The van der Waals surface area contributed by atoms with Crippen LogP contribution in [-0.4, -0.2) is 24.3 Å². The first-order valence-corrected chi connectivity index (χ1v) is 7.73. The Hall–Kier alpha value is -1.72.